The number of carbonyl (C=O) groups excluding carboxylic acids is 1. The lowest BCUT2D eigenvalue weighted by Gasteiger charge is -2.00. The SMILES string of the molecule is CC(=O)c1cnc2cncc(C)n12. The lowest BCUT2D eigenvalue weighted by atomic mass is 10.3. The van der Waals surface area contributed by atoms with Crippen LogP contribution in [0.3, 0.4) is 0 Å². The molecule has 0 saturated heterocycles. The number of carbonyl (C=O) groups is 1. The van der Waals surface area contributed by atoms with Gasteiger partial charge in [0.2, 0.25) is 0 Å². The van der Waals surface area contributed by atoms with Gasteiger partial charge < -0.3 is 0 Å². The summed E-state index contributed by atoms with van der Waals surface area (Å²) in [6.45, 7) is 3.43. The van der Waals surface area contributed by atoms with Gasteiger partial charge in [0.1, 0.15) is 5.69 Å². The van der Waals surface area contributed by atoms with Crippen LogP contribution in [0.1, 0.15) is 23.1 Å². The Bertz CT molecular complexity index is 473. The molecule has 0 unspecified atom stereocenters. The van der Waals surface area contributed by atoms with Crippen molar-refractivity contribution in [3.63, 3.8) is 0 Å². The van der Waals surface area contributed by atoms with Gasteiger partial charge >= 0.3 is 0 Å². The second kappa shape index (κ2) is 2.65. The molecule has 0 aliphatic carbocycles. The maximum Gasteiger partial charge on any atom is 0.178 e. The molecule has 13 heavy (non-hydrogen) atoms. The third-order valence-corrected chi connectivity index (χ3v) is 1.95. The Hall–Kier alpha value is -1.71. The second-order valence-electron chi connectivity index (χ2n) is 2.94. The van der Waals surface area contributed by atoms with E-state index in [4.69, 9.17) is 0 Å². The normalized spacial score (nSPS) is 10.6. The van der Waals surface area contributed by atoms with Crippen molar-refractivity contribution in [3.8, 4) is 0 Å². The Kier molecular flexibility index (Phi) is 1.62. The molecule has 4 nitrogen and oxygen atoms in total. The number of aryl methyl sites for hydroxylation is 1. The molecule has 66 valence electrons. The first-order chi connectivity index (χ1) is 6.20. The molecule has 2 aromatic rings. The van der Waals surface area contributed by atoms with E-state index < -0.39 is 0 Å². The summed E-state index contributed by atoms with van der Waals surface area (Å²) >= 11 is 0. The minimum absolute atomic E-state index is 0.0156. The molecule has 0 amide bonds. The van der Waals surface area contributed by atoms with Crippen LogP contribution in [0, 0.1) is 6.92 Å². The van der Waals surface area contributed by atoms with Gasteiger partial charge in [-0.15, -0.1) is 0 Å². The van der Waals surface area contributed by atoms with Gasteiger partial charge in [-0.1, -0.05) is 0 Å². The summed E-state index contributed by atoms with van der Waals surface area (Å²) in [7, 11) is 0. The van der Waals surface area contributed by atoms with Crippen molar-refractivity contribution in [2.24, 2.45) is 0 Å². The van der Waals surface area contributed by atoms with E-state index in [1.165, 1.54) is 6.92 Å². The lowest BCUT2D eigenvalue weighted by molar-refractivity contribution is 0.101. The fourth-order valence-electron chi connectivity index (χ4n) is 1.35. The Morgan fingerprint density at radius 3 is 2.85 bits per heavy atom. The van der Waals surface area contributed by atoms with Crippen LogP contribution in [0.4, 0.5) is 0 Å². The highest BCUT2D eigenvalue weighted by molar-refractivity contribution is 5.93. The average Bonchev–Trinajstić information content (AvgIpc) is 2.49. The van der Waals surface area contributed by atoms with Crippen LogP contribution in [0.2, 0.25) is 0 Å². The second-order valence-corrected chi connectivity index (χ2v) is 2.94. The molecule has 0 fully saturated rings. The minimum atomic E-state index is 0.0156. The number of imidazole rings is 1. The highest BCUT2D eigenvalue weighted by Crippen LogP contribution is 2.08. The summed E-state index contributed by atoms with van der Waals surface area (Å²) in [6.07, 6.45) is 4.92. The van der Waals surface area contributed by atoms with Gasteiger partial charge in [-0.05, 0) is 6.92 Å². The van der Waals surface area contributed by atoms with E-state index in [0.717, 1.165) is 5.69 Å². The number of ketones is 1. The molecule has 0 aromatic carbocycles. The molecule has 2 aromatic heterocycles. The number of rotatable bonds is 1. The molecule has 0 aliphatic rings. The topological polar surface area (TPSA) is 47.3 Å². The number of Topliss-reactive ketones (excluding diaryl/α,β-unsaturated/α-hetero) is 1. The molecule has 0 radical (unpaired) electrons. The van der Waals surface area contributed by atoms with Crippen molar-refractivity contribution >= 4 is 11.4 Å². The quantitative estimate of drug-likeness (QED) is 0.612. The fourth-order valence-corrected chi connectivity index (χ4v) is 1.35. The Balaban J connectivity index is 2.86. The molecule has 0 N–H and O–H groups in total. The fraction of sp³-hybridized carbons (Fsp3) is 0.222. The smallest absolute Gasteiger partial charge is 0.178 e. The van der Waals surface area contributed by atoms with Crippen molar-refractivity contribution in [2.75, 3.05) is 0 Å². The van der Waals surface area contributed by atoms with Crippen LogP contribution in [-0.2, 0) is 0 Å². The number of hydrogen-bond donors (Lipinski definition) is 0. The Morgan fingerprint density at radius 2 is 2.15 bits per heavy atom. The summed E-state index contributed by atoms with van der Waals surface area (Å²) in [5, 5.41) is 0. The third kappa shape index (κ3) is 1.11. The van der Waals surface area contributed by atoms with Crippen molar-refractivity contribution in [1.82, 2.24) is 14.4 Å². The van der Waals surface area contributed by atoms with E-state index >= 15 is 0 Å². The molecule has 0 spiro atoms. The molecule has 0 aliphatic heterocycles. The molecule has 0 bridgehead atoms. The number of fused-ring (bicyclic) bond motifs is 1. The van der Waals surface area contributed by atoms with Gasteiger partial charge in [-0.3, -0.25) is 14.2 Å². The summed E-state index contributed by atoms with van der Waals surface area (Å²) in [5.74, 6) is 0.0156. The minimum Gasteiger partial charge on any atom is -0.293 e. The monoisotopic (exact) mass is 175 g/mol. The zero-order chi connectivity index (χ0) is 9.42. The predicted molar refractivity (Wildman–Crippen MR) is 47.7 cm³/mol. The molecule has 4 heteroatoms. The van der Waals surface area contributed by atoms with E-state index in [0.29, 0.717) is 11.3 Å². The van der Waals surface area contributed by atoms with Crippen LogP contribution in [0.15, 0.2) is 18.6 Å². The zero-order valence-electron chi connectivity index (χ0n) is 7.48. The summed E-state index contributed by atoms with van der Waals surface area (Å²) < 4.78 is 1.80. The Labute approximate surface area is 75.2 Å². The number of nitrogens with zero attached hydrogens (tertiary/aromatic N) is 3. The van der Waals surface area contributed by atoms with Crippen LogP contribution >= 0.6 is 0 Å². The van der Waals surface area contributed by atoms with Crippen LogP contribution in [-0.4, -0.2) is 20.2 Å². The third-order valence-electron chi connectivity index (χ3n) is 1.95. The summed E-state index contributed by atoms with van der Waals surface area (Å²) in [4.78, 5) is 19.3. The van der Waals surface area contributed by atoms with E-state index in [-0.39, 0.29) is 5.78 Å². The van der Waals surface area contributed by atoms with E-state index in [9.17, 15) is 4.79 Å². The predicted octanol–water partition coefficient (Wildman–Crippen LogP) is 1.24. The van der Waals surface area contributed by atoms with Crippen molar-refractivity contribution in [3.05, 3.63) is 30.0 Å². The first-order valence-electron chi connectivity index (χ1n) is 3.99. The maximum atomic E-state index is 11.2. The van der Waals surface area contributed by atoms with Crippen molar-refractivity contribution < 1.29 is 4.79 Å². The maximum absolute atomic E-state index is 11.2. The van der Waals surface area contributed by atoms with E-state index in [2.05, 4.69) is 9.97 Å². The van der Waals surface area contributed by atoms with Gasteiger partial charge in [-0.2, -0.15) is 0 Å². The van der Waals surface area contributed by atoms with E-state index in [1.807, 2.05) is 6.92 Å². The zero-order valence-corrected chi connectivity index (χ0v) is 7.48. The molecular formula is C9H9N3O. The van der Waals surface area contributed by atoms with Gasteiger partial charge in [0.15, 0.2) is 11.4 Å². The first kappa shape index (κ1) is 7.91. The van der Waals surface area contributed by atoms with Crippen molar-refractivity contribution in [1.29, 1.82) is 0 Å². The van der Waals surface area contributed by atoms with Gasteiger partial charge in [0.25, 0.3) is 0 Å². The molecular weight excluding hydrogens is 166 g/mol. The van der Waals surface area contributed by atoms with Crippen molar-refractivity contribution in [2.45, 2.75) is 13.8 Å². The average molecular weight is 175 g/mol. The molecule has 2 heterocycles. The standard InChI is InChI=1S/C9H9N3O/c1-6-3-10-5-9-11-4-8(7(2)13)12(6)9/h3-5H,1-2H3. The largest absolute Gasteiger partial charge is 0.293 e. The number of aromatic nitrogens is 3. The lowest BCUT2D eigenvalue weighted by Crippen LogP contribution is -2.01. The first-order valence-corrected chi connectivity index (χ1v) is 3.99. The van der Waals surface area contributed by atoms with Gasteiger partial charge in [-0.25, -0.2) is 4.98 Å². The van der Waals surface area contributed by atoms with Crippen LogP contribution in [0.25, 0.3) is 5.65 Å². The van der Waals surface area contributed by atoms with Gasteiger partial charge in [0.05, 0.1) is 12.4 Å². The highest BCUT2D eigenvalue weighted by Gasteiger charge is 2.08. The Morgan fingerprint density at radius 1 is 1.38 bits per heavy atom. The van der Waals surface area contributed by atoms with Gasteiger partial charge in [0, 0.05) is 18.8 Å². The van der Waals surface area contributed by atoms with Crippen LogP contribution < -0.4 is 0 Å². The highest BCUT2D eigenvalue weighted by atomic mass is 16.1. The summed E-state index contributed by atoms with van der Waals surface area (Å²) in [6, 6.07) is 0. The molecule has 0 atom stereocenters. The number of hydrogen-bond acceptors (Lipinski definition) is 3. The van der Waals surface area contributed by atoms with Crippen LogP contribution in [0.5, 0.6) is 0 Å². The molecule has 2 rings (SSSR count). The molecule has 0 saturated carbocycles. The summed E-state index contributed by atoms with van der Waals surface area (Å²) in [5.41, 5.74) is 2.24. The van der Waals surface area contributed by atoms with E-state index in [1.54, 1.807) is 23.0 Å².